The van der Waals surface area contributed by atoms with E-state index in [4.69, 9.17) is 30.9 Å². The lowest BCUT2D eigenvalue weighted by Gasteiger charge is -2.24. The van der Waals surface area contributed by atoms with Gasteiger partial charge in [-0.15, -0.1) is 0 Å². The normalized spacial score (nSPS) is 14.9. The van der Waals surface area contributed by atoms with Gasteiger partial charge in [-0.2, -0.15) is 13.2 Å². The molecule has 0 spiro atoms. The van der Waals surface area contributed by atoms with Crippen LogP contribution in [0.4, 0.5) is 18.9 Å². The molecular weight excluding hydrogens is 425 g/mol. The Morgan fingerprint density at radius 3 is 2.48 bits per heavy atom. The summed E-state index contributed by atoms with van der Waals surface area (Å²) in [6, 6.07) is 5.44. The van der Waals surface area contributed by atoms with Crippen LogP contribution in [0, 0.1) is 11.3 Å². The van der Waals surface area contributed by atoms with E-state index in [0.29, 0.717) is 31.0 Å². The molecule has 0 saturated carbocycles. The van der Waals surface area contributed by atoms with Gasteiger partial charge < -0.3 is 31.3 Å². The van der Waals surface area contributed by atoms with Gasteiger partial charge in [-0.1, -0.05) is 6.07 Å². The van der Waals surface area contributed by atoms with Gasteiger partial charge in [0.15, 0.2) is 5.96 Å². The van der Waals surface area contributed by atoms with E-state index in [1.54, 1.807) is 6.07 Å². The van der Waals surface area contributed by atoms with E-state index in [-0.39, 0.29) is 18.3 Å². The van der Waals surface area contributed by atoms with Gasteiger partial charge >= 0.3 is 18.1 Å². The first kappa shape index (κ1) is 25.5. The van der Waals surface area contributed by atoms with Gasteiger partial charge in [-0.05, 0) is 30.9 Å². The van der Waals surface area contributed by atoms with Crippen LogP contribution in [0.15, 0.2) is 18.2 Å². The molecule has 1 aromatic rings. The van der Waals surface area contributed by atoms with Gasteiger partial charge in [0.05, 0.1) is 18.9 Å². The van der Waals surface area contributed by atoms with Gasteiger partial charge in [0.1, 0.15) is 5.75 Å². The van der Waals surface area contributed by atoms with Gasteiger partial charge in [-0.25, -0.2) is 4.79 Å². The average molecular weight is 448 g/mol. The number of nitrogens with one attached hydrogen (secondary N) is 3. The van der Waals surface area contributed by atoms with Crippen molar-refractivity contribution in [3.63, 3.8) is 0 Å². The molecule has 1 unspecified atom stereocenters. The summed E-state index contributed by atoms with van der Waals surface area (Å²) >= 11 is 0. The van der Waals surface area contributed by atoms with E-state index in [2.05, 4.69) is 10.6 Å². The standard InChI is InChI=1S/C16H22N4O4.C2HF3O2/c17-16(18)19-5-1-2-6-24-12-4-3-10-7-11(8-14(21)22)15(23)20-13(10)9-12;3-2(4,5)1(6)7/h3-4,9,11H,1-2,5-8H2,(H,20,23)(H,21,22)(H4,17,18,19);(H,6,7). The molecule has 1 aliphatic heterocycles. The Balaban J connectivity index is 0.000000592. The number of aliphatic carboxylic acids is 2. The van der Waals surface area contributed by atoms with Crippen LogP contribution in [0.5, 0.6) is 5.75 Å². The Hall–Kier alpha value is -3.51. The molecular formula is C18H23F3N4O6. The highest BCUT2D eigenvalue weighted by Gasteiger charge is 2.38. The fourth-order valence-electron chi connectivity index (χ4n) is 2.55. The maximum atomic E-state index is 11.9. The van der Waals surface area contributed by atoms with Crippen molar-refractivity contribution >= 4 is 29.5 Å². The Morgan fingerprint density at radius 1 is 1.29 bits per heavy atom. The molecule has 13 heteroatoms. The fraction of sp³-hybridized carbons (Fsp3) is 0.444. The minimum atomic E-state index is -5.08. The maximum absolute atomic E-state index is 11.9. The molecule has 31 heavy (non-hydrogen) atoms. The first-order chi connectivity index (χ1) is 14.4. The lowest BCUT2D eigenvalue weighted by molar-refractivity contribution is -0.192. The molecule has 0 aromatic heterocycles. The number of carboxylic acid groups (broad SMARTS) is 2. The van der Waals surface area contributed by atoms with E-state index in [0.717, 1.165) is 18.4 Å². The Bertz CT molecular complexity index is 816. The highest BCUT2D eigenvalue weighted by molar-refractivity contribution is 5.97. The average Bonchev–Trinajstić information content (AvgIpc) is 2.64. The Morgan fingerprint density at radius 2 is 1.94 bits per heavy atom. The lowest BCUT2D eigenvalue weighted by Crippen LogP contribution is -2.31. The Labute approximate surface area is 175 Å². The number of carbonyl (C=O) groups is 3. The highest BCUT2D eigenvalue weighted by Crippen LogP contribution is 2.30. The largest absolute Gasteiger partial charge is 0.494 e. The first-order valence-corrected chi connectivity index (χ1v) is 9.06. The third-order valence-corrected chi connectivity index (χ3v) is 4.00. The molecule has 1 aliphatic rings. The SMILES string of the molecule is N=C(N)NCCCCOc1ccc2c(c1)NC(=O)C(CC(=O)O)C2.O=C(O)C(F)(F)F. The molecule has 0 fully saturated rings. The van der Waals surface area contributed by atoms with E-state index in [1.807, 2.05) is 12.1 Å². The second kappa shape index (κ2) is 11.6. The summed E-state index contributed by atoms with van der Waals surface area (Å²) in [5.41, 5.74) is 6.78. The number of guanidine groups is 1. The van der Waals surface area contributed by atoms with Gasteiger partial charge in [0.2, 0.25) is 5.91 Å². The van der Waals surface area contributed by atoms with Crippen molar-refractivity contribution < 1.29 is 42.5 Å². The number of ether oxygens (including phenoxy) is 1. The molecule has 1 atom stereocenters. The topological polar surface area (TPSA) is 175 Å². The minimum Gasteiger partial charge on any atom is -0.494 e. The molecule has 1 aromatic carbocycles. The van der Waals surface area contributed by atoms with Crippen LogP contribution >= 0.6 is 0 Å². The van der Waals surface area contributed by atoms with Crippen molar-refractivity contribution in [2.45, 2.75) is 31.9 Å². The van der Waals surface area contributed by atoms with Crippen molar-refractivity contribution in [2.24, 2.45) is 11.7 Å². The number of fused-ring (bicyclic) bond motifs is 1. The zero-order valence-corrected chi connectivity index (χ0v) is 16.3. The van der Waals surface area contributed by atoms with Crippen molar-refractivity contribution in [3.05, 3.63) is 23.8 Å². The van der Waals surface area contributed by atoms with Crippen LogP contribution in [0.1, 0.15) is 24.8 Å². The summed E-state index contributed by atoms with van der Waals surface area (Å²) in [5.74, 6) is -3.91. The molecule has 1 heterocycles. The van der Waals surface area contributed by atoms with Crippen LogP contribution in [0.3, 0.4) is 0 Å². The van der Waals surface area contributed by atoms with Crippen LogP contribution in [0.2, 0.25) is 0 Å². The van der Waals surface area contributed by atoms with Crippen LogP contribution in [-0.4, -0.2) is 53.3 Å². The van der Waals surface area contributed by atoms with E-state index < -0.39 is 24.0 Å². The quantitative estimate of drug-likeness (QED) is 0.197. The number of hydrogen-bond donors (Lipinski definition) is 6. The molecule has 0 aliphatic carbocycles. The van der Waals surface area contributed by atoms with Crippen molar-refractivity contribution in [3.8, 4) is 5.75 Å². The zero-order chi connectivity index (χ0) is 23.6. The van der Waals surface area contributed by atoms with Crippen LogP contribution in [-0.2, 0) is 20.8 Å². The number of carbonyl (C=O) groups excluding carboxylic acids is 1. The lowest BCUT2D eigenvalue weighted by atomic mass is 9.91. The summed E-state index contributed by atoms with van der Waals surface area (Å²) in [6.07, 6.45) is -3.19. The van der Waals surface area contributed by atoms with Gasteiger partial charge in [-0.3, -0.25) is 15.0 Å². The van der Waals surface area contributed by atoms with Gasteiger partial charge in [0, 0.05) is 18.3 Å². The summed E-state index contributed by atoms with van der Waals surface area (Å²) in [5, 5.41) is 28.5. The molecule has 2 rings (SSSR count). The minimum absolute atomic E-state index is 0.0393. The number of benzene rings is 1. The molecule has 0 radical (unpaired) electrons. The second-order valence-corrected chi connectivity index (χ2v) is 6.51. The summed E-state index contributed by atoms with van der Waals surface area (Å²) in [7, 11) is 0. The monoisotopic (exact) mass is 448 g/mol. The fourth-order valence-corrected chi connectivity index (χ4v) is 2.55. The van der Waals surface area contributed by atoms with E-state index in [1.165, 1.54) is 0 Å². The number of unbranched alkanes of at least 4 members (excludes halogenated alkanes) is 1. The third kappa shape index (κ3) is 9.69. The van der Waals surface area contributed by atoms with E-state index >= 15 is 0 Å². The van der Waals surface area contributed by atoms with E-state index in [9.17, 15) is 22.8 Å². The number of amides is 1. The molecule has 1 amide bonds. The smallest absolute Gasteiger partial charge is 0.490 e. The van der Waals surface area contributed by atoms with Crippen molar-refractivity contribution in [2.75, 3.05) is 18.5 Å². The molecule has 172 valence electrons. The van der Waals surface area contributed by atoms with Gasteiger partial charge in [0.25, 0.3) is 0 Å². The predicted molar refractivity (Wildman–Crippen MR) is 103 cm³/mol. The third-order valence-electron chi connectivity index (χ3n) is 4.00. The number of carboxylic acids is 2. The summed E-state index contributed by atoms with van der Waals surface area (Å²) in [6.45, 7) is 1.15. The van der Waals surface area contributed by atoms with Crippen LogP contribution < -0.4 is 21.1 Å². The summed E-state index contributed by atoms with van der Waals surface area (Å²) in [4.78, 5) is 31.6. The maximum Gasteiger partial charge on any atom is 0.490 e. The molecule has 7 N–H and O–H groups in total. The number of alkyl halides is 3. The Kier molecular flexibility index (Phi) is 9.57. The number of anilines is 1. The predicted octanol–water partition coefficient (Wildman–Crippen LogP) is 1.55. The molecule has 0 bridgehead atoms. The second-order valence-electron chi connectivity index (χ2n) is 6.51. The first-order valence-electron chi connectivity index (χ1n) is 9.06. The number of nitrogens with two attached hydrogens (primary N) is 1. The summed E-state index contributed by atoms with van der Waals surface area (Å²) < 4.78 is 37.4. The van der Waals surface area contributed by atoms with Crippen LogP contribution in [0.25, 0.3) is 0 Å². The zero-order valence-electron chi connectivity index (χ0n) is 16.3. The number of hydrogen-bond acceptors (Lipinski definition) is 5. The van der Waals surface area contributed by atoms with Crippen molar-refractivity contribution in [1.82, 2.24) is 5.32 Å². The molecule has 0 saturated heterocycles. The van der Waals surface area contributed by atoms with Crippen molar-refractivity contribution in [1.29, 1.82) is 5.41 Å². The highest BCUT2D eigenvalue weighted by atomic mass is 19.4. The number of rotatable bonds is 8. The molecule has 10 nitrogen and oxygen atoms in total. The number of halogens is 3.